The molecule has 0 aromatic heterocycles. The number of hydrogen-bond acceptors (Lipinski definition) is 10. The highest BCUT2D eigenvalue weighted by molar-refractivity contribution is 6.76. The molecule has 260 valence electrons. The number of amides is 1. The summed E-state index contributed by atoms with van der Waals surface area (Å²) in [6.07, 6.45) is 2.40. The number of alkyl carbamates (subject to hydrolysis) is 1. The van der Waals surface area contributed by atoms with E-state index in [0.29, 0.717) is 52.7 Å². The summed E-state index contributed by atoms with van der Waals surface area (Å²) < 4.78 is 38.1. The van der Waals surface area contributed by atoms with Gasteiger partial charge in [-0.1, -0.05) is 62.5 Å². The largest absolute Gasteiger partial charge is 0.467 e. The van der Waals surface area contributed by atoms with Crippen molar-refractivity contribution in [3.05, 3.63) is 59.7 Å². The molecule has 0 spiro atoms. The zero-order chi connectivity index (χ0) is 33.3. The summed E-state index contributed by atoms with van der Waals surface area (Å²) in [5, 5.41) is 10.2. The van der Waals surface area contributed by atoms with Gasteiger partial charge in [-0.3, -0.25) is 0 Å². The molecule has 46 heavy (non-hydrogen) atoms. The third kappa shape index (κ3) is 19.1. The van der Waals surface area contributed by atoms with Crippen molar-refractivity contribution in [2.75, 3.05) is 73.9 Å². The van der Waals surface area contributed by atoms with Crippen molar-refractivity contribution in [2.45, 2.75) is 64.1 Å². The fraction of sp³-hybridized carbons (Fsp3) is 0.618. The molecule has 2 aromatic carbocycles. The van der Waals surface area contributed by atoms with Gasteiger partial charge in [-0.15, -0.1) is 0 Å². The molecule has 0 saturated heterocycles. The monoisotopic (exact) mass is 663 g/mol. The second-order valence-electron chi connectivity index (χ2n) is 12.1. The Morgan fingerprint density at radius 2 is 1.35 bits per heavy atom. The van der Waals surface area contributed by atoms with Gasteiger partial charge in [-0.25, -0.2) is 4.79 Å². The van der Waals surface area contributed by atoms with Crippen LogP contribution in [0.4, 0.5) is 4.79 Å². The molecule has 0 unspecified atom stereocenters. The lowest BCUT2D eigenvalue weighted by Gasteiger charge is -2.21. The summed E-state index contributed by atoms with van der Waals surface area (Å²) >= 11 is 0. The minimum absolute atomic E-state index is 0.165. The van der Waals surface area contributed by atoms with E-state index in [1.807, 2.05) is 36.4 Å². The quantitative estimate of drug-likeness (QED) is 0.0672. The van der Waals surface area contributed by atoms with E-state index >= 15 is 0 Å². The second kappa shape index (κ2) is 24.5. The summed E-state index contributed by atoms with van der Waals surface area (Å²) in [5.74, 6) is 1.58. The van der Waals surface area contributed by atoms with Gasteiger partial charge >= 0.3 is 6.09 Å². The lowest BCUT2D eigenvalue weighted by molar-refractivity contribution is -0.00903. The molecule has 3 N–H and O–H groups in total. The Morgan fingerprint density at radius 3 is 1.93 bits per heavy atom. The Labute approximate surface area is 277 Å². The number of carbonyl (C=O) groups is 1. The number of nitrogens with one attached hydrogen (secondary N) is 3. The van der Waals surface area contributed by atoms with Crippen LogP contribution in [0.25, 0.3) is 0 Å². The molecule has 0 aliphatic carbocycles. The molecule has 11 nitrogen and oxygen atoms in total. The van der Waals surface area contributed by atoms with Gasteiger partial charge in [0.2, 0.25) is 0 Å². The zero-order valence-corrected chi connectivity index (χ0v) is 29.6. The van der Waals surface area contributed by atoms with E-state index < -0.39 is 8.07 Å². The molecule has 0 bridgehead atoms. The highest BCUT2D eigenvalue weighted by Gasteiger charge is 2.14. The van der Waals surface area contributed by atoms with Gasteiger partial charge in [-0.2, -0.15) is 0 Å². The molecule has 0 radical (unpaired) electrons. The van der Waals surface area contributed by atoms with Gasteiger partial charge in [0, 0.05) is 65.6 Å². The SMILES string of the molecule is COCCOCOc1ccccc1CNC[C@H](CCCCNC(=O)OCC[Si](C)(C)C)NCc1ccccc1OCOCCOC. The normalized spacial score (nSPS) is 12.1. The molecule has 2 aromatic rings. The molecule has 2 rings (SSSR count). The van der Waals surface area contributed by atoms with Gasteiger partial charge in [0.05, 0.1) is 33.0 Å². The van der Waals surface area contributed by atoms with Gasteiger partial charge in [0.15, 0.2) is 13.6 Å². The maximum Gasteiger partial charge on any atom is 0.407 e. The van der Waals surface area contributed by atoms with Crippen molar-refractivity contribution in [3.8, 4) is 11.5 Å². The predicted molar refractivity (Wildman–Crippen MR) is 183 cm³/mol. The smallest absolute Gasteiger partial charge is 0.407 e. The molecule has 1 amide bonds. The van der Waals surface area contributed by atoms with Crippen LogP contribution in [0.1, 0.15) is 30.4 Å². The predicted octanol–water partition coefficient (Wildman–Crippen LogP) is 5.17. The zero-order valence-electron chi connectivity index (χ0n) is 28.6. The van der Waals surface area contributed by atoms with E-state index in [-0.39, 0.29) is 25.7 Å². The number of benzene rings is 2. The fourth-order valence-electron chi connectivity index (χ4n) is 4.31. The number of rotatable bonds is 27. The van der Waals surface area contributed by atoms with E-state index in [2.05, 4.69) is 47.7 Å². The van der Waals surface area contributed by atoms with E-state index in [9.17, 15) is 4.79 Å². The van der Waals surface area contributed by atoms with Crippen LogP contribution < -0.4 is 25.4 Å². The molecule has 12 heteroatoms. The molecule has 0 fully saturated rings. The number of hydrogen-bond donors (Lipinski definition) is 3. The summed E-state index contributed by atoms with van der Waals surface area (Å²) in [4.78, 5) is 12.1. The summed E-state index contributed by atoms with van der Waals surface area (Å²) in [5.41, 5.74) is 2.11. The van der Waals surface area contributed by atoms with Crippen molar-refractivity contribution in [3.63, 3.8) is 0 Å². The van der Waals surface area contributed by atoms with Gasteiger partial charge in [-0.05, 0) is 31.0 Å². The fourth-order valence-corrected chi connectivity index (χ4v) is 5.03. The lowest BCUT2D eigenvalue weighted by Crippen LogP contribution is -2.38. The summed E-state index contributed by atoms with van der Waals surface area (Å²) in [7, 11) is 2.06. The molecular weight excluding hydrogens is 606 g/mol. The third-order valence-corrected chi connectivity index (χ3v) is 8.73. The maximum atomic E-state index is 12.1. The van der Waals surface area contributed by atoms with Gasteiger partial charge < -0.3 is 49.1 Å². The molecular formula is C34H57N3O8Si. The number of ether oxygens (including phenoxy) is 7. The maximum absolute atomic E-state index is 12.1. The first kappa shape index (κ1) is 39.5. The standard InChI is InChI=1S/C34H57N3O8Si/c1-39-18-20-41-27-44-32-15-8-6-12-29(32)24-35-26-31(14-10-11-17-36-34(38)43-22-23-46(3,4)5)37-25-30-13-7-9-16-33(30)45-28-42-21-19-40-2/h6-9,12-13,15-16,31,35,37H,10-11,14,17-28H2,1-5H3,(H,36,38)/t31-/m0/s1. The third-order valence-electron chi connectivity index (χ3n) is 7.03. The average Bonchev–Trinajstić information content (AvgIpc) is 3.03. The van der Waals surface area contributed by atoms with Crippen LogP contribution in [0.15, 0.2) is 48.5 Å². The number of methoxy groups -OCH3 is 2. The molecule has 0 aliphatic heterocycles. The van der Waals surface area contributed by atoms with Crippen LogP contribution in [-0.2, 0) is 36.8 Å². The van der Waals surface area contributed by atoms with Crippen molar-refractivity contribution < 1.29 is 38.0 Å². The Bertz CT molecular complexity index is 1070. The Kier molecular flexibility index (Phi) is 21.0. The average molecular weight is 664 g/mol. The first-order valence-electron chi connectivity index (χ1n) is 16.2. The number of para-hydroxylation sites is 2. The molecule has 1 atom stereocenters. The first-order chi connectivity index (χ1) is 22.3. The van der Waals surface area contributed by atoms with Crippen LogP contribution >= 0.6 is 0 Å². The van der Waals surface area contributed by atoms with Crippen molar-refractivity contribution in [1.82, 2.24) is 16.0 Å². The summed E-state index contributed by atoms with van der Waals surface area (Å²) in [6, 6.07) is 17.1. The van der Waals surface area contributed by atoms with Crippen LogP contribution in [0.5, 0.6) is 11.5 Å². The van der Waals surface area contributed by atoms with Crippen molar-refractivity contribution in [1.29, 1.82) is 0 Å². The van der Waals surface area contributed by atoms with Crippen LogP contribution in [0, 0.1) is 0 Å². The van der Waals surface area contributed by atoms with Gasteiger partial charge in [0.25, 0.3) is 0 Å². The molecule has 0 heterocycles. The Morgan fingerprint density at radius 1 is 0.761 bits per heavy atom. The van der Waals surface area contributed by atoms with E-state index in [1.165, 1.54) is 0 Å². The van der Waals surface area contributed by atoms with Crippen LogP contribution in [-0.4, -0.2) is 94.1 Å². The van der Waals surface area contributed by atoms with E-state index in [0.717, 1.165) is 54.5 Å². The molecule has 0 aliphatic rings. The van der Waals surface area contributed by atoms with Crippen LogP contribution in [0.2, 0.25) is 25.7 Å². The van der Waals surface area contributed by atoms with Crippen molar-refractivity contribution in [2.24, 2.45) is 0 Å². The lowest BCUT2D eigenvalue weighted by atomic mass is 10.1. The highest BCUT2D eigenvalue weighted by Crippen LogP contribution is 2.19. The minimum Gasteiger partial charge on any atom is -0.467 e. The van der Waals surface area contributed by atoms with Gasteiger partial charge in [0.1, 0.15) is 11.5 Å². The topological polar surface area (TPSA) is 118 Å². The second-order valence-corrected chi connectivity index (χ2v) is 17.7. The summed E-state index contributed by atoms with van der Waals surface area (Å²) in [6.45, 7) is 12.3. The van der Waals surface area contributed by atoms with E-state index in [1.54, 1.807) is 14.2 Å². The Hall–Kier alpha value is -2.71. The van der Waals surface area contributed by atoms with E-state index in [4.69, 9.17) is 33.2 Å². The Balaban J connectivity index is 1.89. The highest BCUT2D eigenvalue weighted by atomic mass is 28.3. The number of carbonyl (C=O) groups excluding carboxylic acids is 1. The number of unbranched alkanes of at least 4 members (excludes halogenated alkanes) is 1. The van der Waals surface area contributed by atoms with Crippen LogP contribution in [0.3, 0.4) is 0 Å². The van der Waals surface area contributed by atoms with Crippen molar-refractivity contribution >= 4 is 14.2 Å². The minimum atomic E-state index is -1.23. The first-order valence-corrected chi connectivity index (χ1v) is 19.9. The molecule has 0 saturated carbocycles.